The van der Waals surface area contributed by atoms with Gasteiger partial charge < -0.3 is 19.5 Å². The molecule has 0 radical (unpaired) electrons. The molecule has 1 heterocycles. The first kappa shape index (κ1) is 29.3. The third-order valence-corrected chi connectivity index (χ3v) is 7.42. The molecular weight excluding hydrogens is 546 g/mol. The van der Waals surface area contributed by atoms with Gasteiger partial charge in [0.1, 0.15) is 31.6 Å². The largest absolute Gasteiger partial charge is 0.488 e. The summed E-state index contributed by atoms with van der Waals surface area (Å²) >= 11 is 0. The van der Waals surface area contributed by atoms with E-state index < -0.39 is 16.9 Å². The molecule has 1 N–H and O–H groups in total. The fourth-order valence-corrected chi connectivity index (χ4v) is 5.05. The third-order valence-electron chi connectivity index (χ3n) is 7.42. The van der Waals surface area contributed by atoms with Crippen molar-refractivity contribution in [1.29, 1.82) is 5.26 Å². The molecule has 9 heteroatoms. The highest BCUT2D eigenvalue weighted by Gasteiger charge is 2.26. The highest BCUT2D eigenvalue weighted by molar-refractivity contribution is 5.76. The number of nitro benzene ring substituents is 1. The SMILES string of the molecule is Cc1c(COc2cc(OCc3cccc(C#N)c3)c(COC(=O)[C@@H]3CCCN3)cc2[N+](=O)[O-])cccc1-c1ccccc1. The molecule has 0 amide bonds. The van der Waals surface area contributed by atoms with Gasteiger partial charge in [0.2, 0.25) is 5.75 Å². The van der Waals surface area contributed by atoms with E-state index in [-0.39, 0.29) is 37.0 Å². The van der Waals surface area contributed by atoms with Gasteiger partial charge in [-0.2, -0.15) is 5.26 Å². The van der Waals surface area contributed by atoms with E-state index in [1.807, 2.05) is 61.5 Å². The number of hydrogen-bond acceptors (Lipinski definition) is 8. The van der Waals surface area contributed by atoms with Crippen LogP contribution in [0, 0.1) is 28.4 Å². The average molecular weight is 578 g/mol. The van der Waals surface area contributed by atoms with E-state index in [0.717, 1.165) is 40.8 Å². The average Bonchev–Trinajstić information content (AvgIpc) is 3.58. The fourth-order valence-electron chi connectivity index (χ4n) is 5.05. The smallest absolute Gasteiger partial charge is 0.323 e. The number of benzene rings is 4. The Kier molecular flexibility index (Phi) is 9.29. The highest BCUT2D eigenvalue weighted by Crippen LogP contribution is 2.37. The van der Waals surface area contributed by atoms with Crippen molar-refractivity contribution in [3.8, 4) is 28.7 Å². The van der Waals surface area contributed by atoms with Crippen molar-refractivity contribution in [2.45, 2.75) is 45.6 Å². The lowest BCUT2D eigenvalue weighted by Gasteiger charge is -2.17. The summed E-state index contributed by atoms with van der Waals surface area (Å²) in [5.41, 5.74) is 5.31. The maximum atomic E-state index is 12.6. The van der Waals surface area contributed by atoms with Crippen molar-refractivity contribution >= 4 is 11.7 Å². The number of carbonyl (C=O) groups excluding carboxylic acids is 1. The molecule has 4 aromatic carbocycles. The predicted molar refractivity (Wildman–Crippen MR) is 160 cm³/mol. The van der Waals surface area contributed by atoms with Gasteiger partial charge in [-0.25, -0.2) is 0 Å². The van der Waals surface area contributed by atoms with Gasteiger partial charge in [0, 0.05) is 17.7 Å². The van der Waals surface area contributed by atoms with Crippen LogP contribution in [-0.2, 0) is 29.4 Å². The summed E-state index contributed by atoms with van der Waals surface area (Å²) in [7, 11) is 0. The summed E-state index contributed by atoms with van der Waals surface area (Å²) in [6.07, 6.45) is 1.55. The topological polar surface area (TPSA) is 124 Å². The Bertz CT molecular complexity index is 1660. The van der Waals surface area contributed by atoms with Crippen LogP contribution in [0.25, 0.3) is 11.1 Å². The highest BCUT2D eigenvalue weighted by atomic mass is 16.6. The Balaban J connectivity index is 1.42. The van der Waals surface area contributed by atoms with Gasteiger partial charge in [-0.3, -0.25) is 14.9 Å². The summed E-state index contributed by atoms with van der Waals surface area (Å²) in [4.78, 5) is 24.2. The van der Waals surface area contributed by atoms with Crippen molar-refractivity contribution in [3.05, 3.63) is 123 Å². The van der Waals surface area contributed by atoms with Crippen molar-refractivity contribution in [1.82, 2.24) is 5.32 Å². The minimum atomic E-state index is -0.521. The monoisotopic (exact) mass is 577 g/mol. The molecule has 43 heavy (non-hydrogen) atoms. The molecular formula is C34H31N3O6. The maximum Gasteiger partial charge on any atom is 0.323 e. The standard InChI is InChI=1S/C34H31N3O6/c1-23-27(12-6-13-29(23)26-10-3-2-4-11-26)21-42-33-18-32(41-20-25-9-5-8-24(16-25)19-35)28(17-31(33)37(39)40)22-43-34(38)30-14-7-15-36-30/h2-6,8-13,16-18,30,36H,7,14-15,20-22H2,1H3/t30-/m0/s1. The zero-order valence-electron chi connectivity index (χ0n) is 23.7. The normalized spacial score (nSPS) is 14.1. The van der Waals surface area contributed by atoms with Crippen LogP contribution < -0.4 is 14.8 Å². The molecule has 1 saturated heterocycles. The summed E-state index contributed by atoms with van der Waals surface area (Å²) in [6.45, 7) is 2.72. The molecule has 5 rings (SSSR count). The van der Waals surface area contributed by atoms with E-state index in [0.29, 0.717) is 17.5 Å². The van der Waals surface area contributed by atoms with E-state index in [1.165, 1.54) is 12.1 Å². The molecule has 0 aromatic heterocycles. The first-order valence-electron chi connectivity index (χ1n) is 14.0. The Hall–Kier alpha value is -5.20. The molecule has 0 spiro atoms. The summed E-state index contributed by atoms with van der Waals surface area (Å²) in [6, 6.07) is 27.3. The third kappa shape index (κ3) is 7.18. The van der Waals surface area contributed by atoms with Gasteiger partial charge >= 0.3 is 11.7 Å². The Morgan fingerprint density at radius 1 is 0.953 bits per heavy atom. The van der Waals surface area contributed by atoms with Crippen molar-refractivity contribution in [2.24, 2.45) is 0 Å². The molecule has 1 atom stereocenters. The minimum Gasteiger partial charge on any atom is -0.488 e. The Morgan fingerprint density at radius 2 is 1.74 bits per heavy atom. The molecule has 0 aliphatic carbocycles. The number of nitriles is 1. The van der Waals surface area contributed by atoms with E-state index in [9.17, 15) is 20.2 Å². The quantitative estimate of drug-likeness (QED) is 0.123. The van der Waals surface area contributed by atoms with Crippen LogP contribution in [0.1, 0.15) is 40.7 Å². The molecule has 0 unspecified atom stereocenters. The second-order valence-electron chi connectivity index (χ2n) is 10.3. The van der Waals surface area contributed by atoms with E-state index in [4.69, 9.17) is 14.2 Å². The molecule has 1 aliphatic heterocycles. The molecule has 4 aromatic rings. The number of nitro groups is 1. The summed E-state index contributed by atoms with van der Waals surface area (Å²) < 4.78 is 17.7. The lowest BCUT2D eigenvalue weighted by Crippen LogP contribution is -2.32. The Morgan fingerprint density at radius 3 is 2.49 bits per heavy atom. The van der Waals surface area contributed by atoms with Crippen LogP contribution in [0.5, 0.6) is 11.5 Å². The molecule has 0 saturated carbocycles. The van der Waals surface area contributed by atoms with Crippen molar-refractivity contribution < 1.29 is 23.9 Å². The number of nitrogens with one attached hydrogen (secondary N) is 1. The number of nitrogens with zero attached hydrogens (tertiary/aromatic N) is 2. The number of hydrogen-bond donors (Lipinski definition) is 1. The number of ether oxygens (including phenoxy) is 3. The second-order valence-corrected chi connectivity index (χ2v) is 10.3. The van der Waals surface area contributed by atoms with Gasteiger partial charge in [0.15, 0.2) is 0 Å². The van der Waals surface area contributed by atoms with Crippen LogP contribution in [0.3, 0.4) is 0 Å². The van der Waals surface area contributed by atoms with Crippen LogP contribution in [-0.4, -0.2) is 23.5 Å². The Labute approximate surface area is 249 Å². The summed E-state index contributed by atoms with van der Waals surface area (Å²) in [5.74, 6) is -0.102. The molecule has 9 nitrogen and oxygen atoms in total. The predicted octanol–water partition coefficient (Wildman–Crippen LogP) is 6.40. The zero-order valence-corrected chi connectivity index (χ0v) is 23.7. The first-order valence-corrected chi connectivity index (χ1v) is 14.0. The fraction of sp³-hybridized carbons (Fsp3) is 0.235. The lowest BCUT2D eigenvalue weighted by atomic mass is 9.97. The number of esters is 1. The van der Waals surface area contributed by atoms with Crippen LogP contribution in [0.15, 0.2) is 84.9 Å². The van der Waals surface area contributed by atoms with Crippen LogP contribution >= 0.6 is 0 Å². The molecule has 1 aliphatic rings. The van der Waals surface area contributed by atoms with Crippen molar-refractivity contribution in [2.75, 3.05) is 6.54 Å². The zero-order chi connectivity index (χ0) is 30.2. The number of rotatable bonds is 11. The number of carbonyl (C=O) groups is 1. The molecule has 0 bridgehead atoms. The van der Waals surface area contributed by atoms with E-state index in [2.05, 4.69) is 11.4 Å². The maximum absolute atomic E-state index is 12.6. The van der Waals surface area contributed by atoms with Gasteiger partial charge in [0.25, 0.3) is 0 Å². The summed E-state index contributed by atoms with van der Waals surface area (Å²) in [5, 5.41) is 24.5. The van der Waals surface area contributed by atoms with Gasteiger partial charge in [-0.1, -0.05) is 60.7 Å². The van der Waals surface area contributed by atoms with Crippen LogP contribution in [0.4, 0.5) is 5.69 Å². The van der Waals surface area contributed by atoms with Gasteiger partial charge in [-0.15, -0.1) is 0 Å². The van der Waals surface area contributed by atoms with E-state index in [1.54, 1.807) is 18.2 Å². The van der Waals surface area contributed by atoms with Gasteiger partial charge in [0.05, 0.1) is 16.6 Å². The van der Waals surface area contributed by atoms with Crippen molar-refractivity contribution in [3.63, 3.8) is 0 Å². The van der Waals surface area contributed by atoms with Gasteiger partial charge in [-0.05, 0) is 66.3 Å². The van der Waals surface area contributed by atoms with E-state index >= 15 is 0 Å². The van der Waals surface area contributed by atoms with Crippen LogP contribution in [0.2, 0.25) is 0 Å². The lowest BCUT2D eigenvalue weighted by molar-refractivity contribution is -0.386. The molecule has 218 valence electrons. The minimum absolute atomic E-state index is 0.0304. The molecule has 1 fully saturated rings. The second kappa shape index (κ2) is 13.6. The first-order chi connectivity index (χ1) is 20.9.